The maximum atomic E-state index is 12.9. The molecular weight excluding hydrogens is 326 g/mol. The van der Waals surface area contributed by atoms with Gasteiger partial charge >= 0.3 is 0 Å². The van der Waals surface area contributed by atoms with E-state index in [0.717, 1.165) is 27.9 Å². The molecule has 0 fully saturated rings. The Labute approximate surface area is 150 Å². The first-order valence-corrected chi connectivity index (χ1v) is 8.56. The minimum atomic E-state index is -0.0260. The van der Waals surface area contributed by atoms with Crippen molar-refractivity contribution in [1.82, 2.24) is 24.8 Å². The molecule has 0 aliphatic carbocycles. The number of rotatable bonds is 5. The fraction of sp³-hybridized carbons (Fsp3) is 0.150. The van der Waals surface area contributed by atoms with E-state index in [4.69, 9.17) is 0 Å². The number of nitrogens with zero attached hydrogens (tertiary/aromatic N) is 3. The average Bonchev–Trinajstić information content (AvgIpc) is 3.35. The lowest BCUT2D eigenvalue weighted by atomic mass is 10.1. The van der Waals surface area contributed by atoms with Crippen molar-refractivity contribution >= 4 is 16.9 Å². The van der Waals surface area contributed by atoms with Crippen LogP contribution in [0.15, 0.2) is 61.2 Å². The van der Waals surface area contributed by atoms with Crippen LogP contribution in [0.25, 0.3) is 22.3 Å². The number of hydrogen-bond donors (Lipinski definition) is 2. The summed E-state index contributed by atoms with van der Waals surface area (Å²) in [6.45, 7) is 3.20. The molecule has 26 heavy (non-hydrogen) atoms. The van der Waals surface area contributed by atoms with Gasteiger partial charge in [-0.3, -0.25) is 4.79 Å². The Kier molecular flexibility index (Phi) is 4.23. The molecule has 0 radical (unpaired) electrons. The summed E-state index contributed by atoms with van der Waals surface area (Å²) in [4.78, 5) is 29.5. The summed E-state index contributed by atoms with van der Waals surface area (Å²) in [6.07, 6.45) is 5.18. The molecule has 0 atom stereocenters. The van der Waals surface area contributed by atoms with Gasteiger partial charge in [-0.05, 0) is 24.6 Å². The smallest absolute Gasteiger partial charge is 0.270 e. The Hall–Kier alpha value is -3.41. The third-order valence-corrected chi connectivity index (χ3v) is 4.43. The molecule has 6 nitrogen and oxygen atoms in total. The molecule has 3 aromatic heterocycles. The predicted molar refractivity (Wildman–Crippen MR) is 101 cm³/mol. The molecule has 0 saturated carbocycles. The van der Waals surface area contributed by atoms with Crippen LogP contribution in [0.3, 0.4) is 0 Å². The topological polar surface area (TPSA) is 77.7 Å². The highest BCUT2D eigenvalue weighted by Gasteiger charge is 2.18. The van der Waals surface area contributed by atoms with Crippen molar-refractivity contribution in [3.05, 3.63) is 72.4 Å². The molecule has 0 aliphatic rings. The number of carbonyl (C=O) groups is 1. The summed E-state index contributed by atoms with van der Waals surface area (Å²) < 4.78 is 0. The number of fused-ring (bicyclic) bond motifs is 1. The largest absolute Gasteiger partial charge is 0.357 e. The zero-order valence-electron chi connectivity index (χ0n) is 14.4. The van der Waals surface area contributed by atoms with Gasteiger partial charge in [0.1, 0.15) is 17.7 Å². The second-order valence-electron chi connectivity index (χ2n) is 6.07. The van der Waals surface area contributed by atoms with Crippen molar-refractivity contribution in [1.29, 1.82) is 0 Å². The highest BCUT2D eigenvalue weighted by atomic mass is 16.2. The van der Waals surface area contributed by atoms with Crippen LogP contribution in [0.2, 0.25) is 0 Å². The van der Waals surface area contributed by atoms with E-state index in [9.17, 15) is 4.79 Å². The van der Waals surface area contributed by atoms with Crippen molar-refractivity contribution in [3.8, 4) is 11.3 Å². The molecule has 0 unspecified atom stereocenters. The third kappa shape index (κ3) is 2.97. The van der Waals surface area contributed by atoms with Gasteiger partial charge < -0.3 is 14.9 Å². The number of carbonyl (C=O) groups excluding carboxylic acids is 1. The van der Waals surface area contributed by atoms with Crippen LogP contribution in [-0.2, 0) is 6.54 Å². The molecule has 0 spiro atoms. The number of H-pyrrole nitrogens is 2. The van der Waals surface area contributed by atoms with Gasteiger partial charge in [-0.2, -0.15) is 0 Å². The van der Waals surface area contributed by atoms with Gasteiger partial charge in [0.25, 0.3) is 5.91 Å². The first kappa shape index (κ1) is 16.1. The second-order valence-corrected chi connectivity index (χ2v) is 6.07. The molecule has 130 valence electrons. The van der Waals surface area contributed by atoms with Gasteiger partial charge in [0.15, 0.2) is 0 Å². The fourth-order valence-corrected chi connectivity index (χ4v) is 3.06. The summed E-state index contributed by atoms with van der Waals surface area (Å²) in [5.41, 5.74) is 4.12. The third-order valence-electron chi connectivity index (χ3n) is 4.43. The zero-order chi connectivity index (χ0) is 17.9. The summed E-state index contributed by atoms with van der Waals surface area (Å²) in [7, 11) is 0. The standard InChI is InChI=1S/C20H19N5O/c1-2-25(12-14-6-4-3-5-7-14)20(26)17-10-15(11-22-17)18-16-8-9-21-19(16)24-13-23-18/h3-11,13,22H,2,12H2,1H3,(H,21,23,24). The highest BCUT2D eigenvalue weighted by molar-refractivity contribution is 5.96. The minimum Gasteiger partial charge on any atom is -0.357 e. The molecule has 4 aromatic rings. The lowest BCUT2D eigenvalue weighted by Crippen LogP contribution is -2.30. The lowest BCUT2D eigenvalue weighted by molar-refractivity contribution is 0.0747. The molecule has 0 saturated heterocycles. The normalized spacial score (nSPS) is 11.0. The molecule has 3 heterocycles. The SMILES string of the molecule is CCN(Cc1ccccc1)C(=O)c1cc(-c2ncnc3[nH]ccc23)c[nH]1. The van der Waals surface area contributed by atoms with E-state index in [1.54, 1.807) is 0 Å². The molecule has 6 heteroatoms. The number of hydrogen-bond acceptors (Lipinski definition) is 3. The summed E-state index contributed by atoms with van der Waals surface area (Å²) in [5.74, 6) is -0.0260. The molecule has 0 aliphatic heterocycles. The Balaban J connectivity index is 1.60. The maximum Gasteiger partial charge on any atom is 0.270 e. The van der Waals surface area contributed by atoms with Crippen LogP contribution in [-0.4, -0.2) is 37.3 Å². The fourth-order valence-electron chi connectivity index (χ4n) is 3.06. The zero-order valence-corrected chi connectivity index (χ0v) is 14.4. The van der Waals surface area contributed by atoms with E-state index < -0.39 is 0 Å². The van der Waals surface area contributed by atoms with Gasteiger partial charge in [-0.15, -0.1) is 0 Å². The Bertz CT molecular complexity index is 1030. The van der Waals surface area contributed by atoms with Gasteiger partial charge in [0, 0.05) is 36.4 Å². The van der Waals surface area contributed by atoms with E-state index in [1.165, 1.54) is 6.33 Å². The summed E-state index contributed by atoms with van der Waals surface area (Å²) in [6, 6.07) is 13.8. The number of nitrogens with one attached hydrogen (secondary N) is 2. The molecule has 0 bridgehead atoms. The van der Waals surface area contributed by atoms with E-state index in [1.807, 2.05) is 66.7 Å². The molecule has 2 N–H and O–H groups in total. The average molecular weight is 345 g/mol. The van der Waals surface area contributed by atoms with E-state index >= 15 is 0 Å². The van der Waals surface area contributed by atoms with Crippen LogP contribution in [0.1, 0.15) is 23.0 Å². The van der Waals surface area contributed by atoms with Crippen molar-refractivity contribution in [2.45, 2.75) is 13.5 Å². The first-order chi connectivity index (χ1) is 12.8. The molecule has 1 amide bonds. The number of benzene rings is 1. The number of aromatic nitrogens is 4. The predicted octanol–water partition coefficient (Wildman–Crippen LogP) is 3.62. The minimum absolute atomic E-state index is 0.0260. The van der Waals surface area contributed by atoms with Crippen LogP contribution < -0.4 is 0 Å². The van der Waals surface area contributed by atoms with E-state index in [2.05, 4.69) is 19.9 Å². The monoisotopic (exact) mass is 345 g/mol. The maximum absolute atomic E-state index is 12.9. The van der Waals surface area contributed by atoms with Crippen LogP contribution in [0, 0.1) is 0 Å². The molecule has 1 aromatic carbocycles. The van der Waals surface area contributed by atoms with Gasteiger partial charge in [-0.25, -0.2) is 9.97 Å². The van der Waals surface area contributed by atoms with Crippen LogP contribution in [0.4, 0.5) is 0 Å². The molecule has 4 rings (SSSR count). The van der Waals surface area contributed by atoms with Crippen molar-refractivity contribution in [2.75, 3.05) is 6.54 Å². The Morgan fingerprint density at radius 3 is 2.77 bits per heavy atom. The van der Waals surface area contributed by atoms with Crippen LogP contribution >= 0.6 is 0 Å². The number of amides is 1. The quantitative estimate of drug-likeness (QED) is 0.580. The first-order valence-electron chi connectivity index (χ1n) is 8.56. The van der Waals surface area contributed by atoms with Crippen molar-refractivity contribution < 1.29 is 4.79 Å². The highest BCUT2D eigenvalue weighted by Crippen LogP contribution is 2.25. The second kappa shape index (κ2) is 6.84. The molecular formula is C20H19N5O. The summed E-state index contributed by atoms with van der Waals surface area (Å²) in [5, 5.41) is 0.933. The van der Waals surface area contributed by atoms with Crippen molar-refractivity contribution in [3.63, 3.8) is 0 Å². The van der Waals surface area contributed by atoms with Crippen LogP contribution in [0.5, 0.6) is 0 Å². The van der Waals surface area contributed by atoms with E-state index in [-0.39, 0.29) is 5.91 Å². The van der Waals surface area contributed by atoms with E-state index in [0.29, 0.717) is 18.8 Å². The van der Waals surface area contributed by atoms with Gasteiger partial charge in [-0.1, -0.05) is 30.3 Å². The number of aromatic amines is 2. The van der Waals surface area contributed by atoms with Gasteiger partial charge in [0.2, 0.25) is 0 Å². The Morgan fingerprint density at radius 1 is 1.12 bits per heavy atom. The Morgan fingerprint density at radius 2 is 1.96 bits per heavy atom. The summed E-state index contributed by atoms with van der Waals surface area (Å²) >= 11 is 0. The lowest BCUT2D eigenvalue weighted by Gasteiger charge is -2.20. The van der Waals surface area contributed by atoms with Crippen molar-refractivity contribution in [2.24, 2.45) is 0 Å². The van der Waals surface area contributed by atoms with Gasteiger partial charge in [0.05, 0.1) is 5.69 Å².